The molecule has 0 spiro atoms. The summed E-state index contributed by atoms with van der Waals surface area (Å²) in [6.45, 7) is 0.984. The van der Waals surface area contributed by atoms with Crippen molar-refractivity contribution in [1.82, 2.24) is 15.1 Å². The van der Waals surface area contributed by atoms with Gasteiger partial charge >= 0.3 is 5.51 Å². The molecular formula is C10H14F3N3S. The minimum atomic E-state index is -4.15. The molecule has 1 heterocycles. The zero-order chi connectivity index (χ0) is 12.3. The molecule has 0 bridgehead atoms. The van der Waals surface area contributed by atoms with Gasteiger partial charge in [0.1, 0.15) is 0 Å². The molecule has 3 nitrogen and oxygen atoms in total. The van der Waals surface area contributed by atoms with Crippen molar-refractivity contribution in [1.29, 1.82) is 0 Å². The summed E-state index contributed by atoms with van der Waals surface area (Å²) in [6, 6.07) is 2.45. The van der Waals surface area contributed by atoms with Gasteiger partial charge < -0.3 is 5.32 Å². The van der Waals surface area contributed by atoms with Crippen LogP contribution in [0.3, 0.4) is 0 Å². The average molecular weight is 265 g/mol. The second-order valence-electron chi connectivity index (χ2n) is 4.02. The molecule has 1 N–H and O–H groups in total. The van der Waals surface area contributed by atoms with Crippen LogP contribution < -0.4 is 5.32 Å². The van der Waals surface area contributed by atoms with Crippen LogP contribution >= 0.6 is 11.8 Å². The Morgan fingerprint density at radius 1 is 1.47 bits per heavy atom. The number of hydrogen-bond donors (Lipinski definition) is 1. The van der Waals surface area contributed by atoms with Crippen molar-refractivity contribution < 1.29 is 13.2 Å². The lowest BCUT2D eigenvalue weighted by molar-refractivity contribution is -0.0328. The summed E-state index contributed by atoms with van der Waals surface area (Å²) in [5, 5.41) is 7.51. The molecule has 0 unspecified atom stereocenters. The number of thioether (sulfide) groups is 1. The first-order chi connectivity index (χ1) is 8.03. The summed E-state index contributed by atoms with van der Waals surface area (Å²) < 4.78 is 37.3. The molecule has 0 amide bonds. The van der Waals surface area contributed by atoms with Crippen molar-refractivity contribution >= 4 is 11.8 Å². The molecule has 96 valence electrons. The first kappa shape index (κ1) is 12.8. The lowest BCUT2D eigenvalue weighted by Gasteiger charge is -2.05. The number of alkyl halides is 3. The summed E-state index contributed by atoms with van der Waals surface area (Å²) >= 11 is -0.0105. The maximum absolute atomic E-state index is 11.9. The number of aromatic nitrogens is 2. The van der Waals surface area contributed by atoms with Crippen LogP contribution in [-0.4, -0.2) is 27.1 Å². The highest BCUT2D eigenvalue weighted by molar-refractivity contribution is 8.00. The van der Waals surface area contributed by atoms with Crippen molar-refractivity contribution in [2.75, 3.05) is 5.75 Å². The van der Waals surface area contributed by atoms with E-state index in [1.54, 1.807) is 10.9 Å². The normalized spacial score (nSPS) is 16.4. The summed E-state index contributed by atoms with van der Waals surface area (Å²) in [6.07, 6.45) is 4.15. The van der Waals surface area contributed by atoms with E-state index in [4.69, 9.17) is 0 Å². The first-order valence-corrected chi connectivity index (χ1v) is 6.48. The highest BCUT2D eigenvalue weighted by atomic mass is 32.2. The molecule has 17 heavy (non-hydrogen) atoms. The zero-order valence-corrected chi connectivity index (χ0v) is 10.0. The van der Waals surface area contributed by atoms with Gasteiger partial charge in [-0.25, -0.2) is 0 Å². The Bertz CT molecular complexity index is 360. The van der Waals surface area contributed by atoms with Gasteiger partial charge in [-0.05, 0) is 30.7 Å². The van der Waals surface area contributed by atoms with Gasteiger partial charge in [-0.3, -0.25) is 4.68 Å². The van der Waals surface area contributed by atoms with Gasteiger partial charge in [0.05, 0.1) is 12.2 Å². The molecule has 0 atom stereocenters. The van der Waals surface area contributed by atoms with E-state index in [0.717, 1.165) is 5.69 Å². The fourth-order valence-electron chi connectivity index (χ4n) is 1.41. The number of halogens is 3. The molecule has 0 aliphatic heterocycles. The van der Waals surface area contributed by atoms with E-state index in [0.29, 0.717) is 12.6 Å². The van der Waals surface area contributed by atoms with Crippen LogP contribution in [-0.2, 0) is 13.1 Å². The molecule has 1 saturated carbocycles. The molecule has 1 aliphatic rings. The van der Waals surface area contributed by atoms with Gasteiger partial charge in [-0.2, -0.15) is 18.3 Å². The maximum Gasteiger partial charge on any atom is 0.441 e. The summed E-state index contributed by atoms with van der Waals surface area (Å²) in [4.78, 5) is 0. The third-order valence-electron chi connectivity index (χ3n) is 2.43. The second kappa shape index (κ2) is 5.30. The number of hydrogen-bond acceptors (Lipinski definition) is 3. The van der Waals surface area contributed by atoms with Crippen LogP contribution in [0.2, 0.25) is 0 Å². The van der Waals surface area contributed by atoms with Crippen molar-refractivity contribution in [2.45, 2.75) is 37.5 Å². The fourth-order valence-corrected chi connectivity index (χ4v) is 1.92. The van der Waals surface area contributed by atoms with Gasteiger partial charge in [0.25, 0.3) is 0 Å². The third-order valence-corrected chi connectivity index (χ3v) is 3.15. The van der Waals surface area contributed by atoms with E-state index < -0.39 is 5.51 Å². The maximum atomic E-state index is 11.9. The Labute approximate surface area is 102 Å². The predicted octanol–water partition coefficient (Wildman–Crippen LogP) is 2.39. The predicted molar refractivity (Wildman–Crippen MR) is 60.6 cm³/mol. The van der Waals surface area contributed by atoms with Crippen LogP contribution in [0, 0.1) is 0 Å². The number of nitrogens with one attached hydrogen (secondary N) is 1. The quantitative estimate of drug-likeness (QED) is 0.856. The molecule has 1 aromatic rings. The van der Waals surface area contributed by atoms with Crippen molar-refractivity contribution in [3.05, 3.63) is 18.0 Å². The van der Waals surface area contributed by atoms with E-state index in [1.807, 2.05) is 6.07 Å². The lowest BCUT2D eigenvalue weighted by atomic mass is 10.4. The molecule has 1 aliphatic carbocycles. The van der Waals surface area contributed by atoms with Gasteiger partial charge in [0, 0.05) is 24.5 Å². The van der Waals surface area contributed by atoms with E-state index >= 15 is 0 Å². The zero-order valence-electron chi connectivity index (χ0n) is 9.20. The summed E-state index contributed by atoms with van der Waals surface area (Å²) in [5.41, 5.74) is -3.27. The number of aryl methyl sites for hydroxylation is 1. The van der Waals surface area contributed by atoms with Crippen LogP contribution in [0.15, 0.2) is 12.3 Å². The summed E-state index contributed by atoms with van der Waals surface area (Å²) in [7, 11) is 0. The topological polar surface area (TPSA) is 29.9 Å². The lowest BCUT2D eigenvalue weighted by Crippen LogP contribution is -2.16. The van der Waals surface area contributed by atoms with Crippen LogP contribution in [0.4, 0.5) is 13.2 Å². The molecule has 7 heteroatoms. The molecule has 0 saturated heterocycles. The van der Waals surface area contributed by atoms with E-state index in [-0.39, 0.29) is 24.1 Å². The Morgan fingerprint density at radius 3 is 2.88 bits per heavy atom. The Hall–Kier alpha value is -0.690. The SMILES string of the molecule is FC(F)(F)SCCn1ccc(CNC2CC2)n1. The van der Waals surface area contributed by atoms with Gasteiger partial charge in [0.15, 0.2) is 0 Å². The standard InChI is InChI=1S/C10H14F3N3S/c11-10(12,13)17-6-5-16-4-3-9(15-16)7-14-8-1-2-8/h3-4,8,14H,1-2,5-7H2. The third kappa shape index (κ3) is 4.99. The minimum Gasteiger partial charge on any atom is -0.308 e. The minimum absolute atomic E-state index is 0.000668. The Morgan fingerprint density at radius 2 is 2.24 bits per heavy atom. The van der Waals surface area contributed by atoms with E-state index in [2.05, 4.69) is 10.4 Å². The van der Waals surface area contributed by atoms with Crippen LogP contribution in [0.25, 0.3) is 0 Å². The highest BCUT2D eigenvalue weighted by Crippen LogP contribution is 2.29. The molecule has 1 fully saturated rings. The van der Waals surface area contributed by atoms with Crippen molar-refractivity contribution in [3.63, 3.8) is 0 Å². The largest absolute Gasteiger partial charge is 0.441 e. The number of nitrogens with zero attached hydrogens (tertiary/aromatic N) is 2. The molecule has 1 aromatic heterocycles. The number of rotatable bonds is 6. The molecule has 2 rings (SSSR count). The van der Waals surface area contributed by atoms with Crippen LogP contribution in [0.5, 0.6) is 0 Å². The van der Waals surface area contributed by atoms with E-state index in [1.165, 1.54) is 12.8 Å². The van der Waals surface area contributed by atoms with Gasteiger partial charge in [-0.15, -0.1) is 0 Å². The van der Waals surface area contributed by atoms with Gasteiger partial charge in [0.2, 0.25) is 0 Å². The highest BCUT2D eigenvalue weighted by Gasteiger charge is 2.27. The van der Waals surface area contributed by atoms with Crippen molar-refractivity contribution in [3.8, 4) is 0 Å². The fraction of sp³-hybridized carbons (Fsp3) is 0.700. The average Bonchev–Trinajstić information content (AvgIpc) is 2.95. The van der Waals surface area contributed by atoms with Crippen molar-refractivity contribution in [2.24, 2.45) is 0 Å². The van der Waals surface area contributed by atoms with Crippen LogP contribution in [0.1, 0.15) is 18.5 Å². The molecule has 0 radical (unpaired) electrons. The Kier molecular flexibility index (Phi) is 3.98. The first-order valence-electron chi connectivity index (χ1n) is 5.49. The Balaban J connectivity index is 1.69. The second-order valence-corrected chi connectivity index (χ2v) is 5.18. The smallest absolute Gasteiger partial charge is 0.308 e. The van der Waals surface area contributed by atoms with Gasteiger partial charge in [-0.1, -0.05) is 0 Å². The molecule has 0 aromatic carbocycles. The van der Waals surface area contributed by atoms with E-state index in [9.17, 15) is 13.2 Å². The summed E-state index contributed by atoms with van der Waals surface area (Å²) in [5.74, 6) is 0.000668. The molecular weight excluding hydrogens is 251 g/mol. The monoisotopic (exact) mass is 265 g/mol.